The van der Waals surface area contributed by atoms with Crippen LogP contribution in [-0.4, -0.2) is 29.1 Å². The van der Waals surface area contributed by atoms with Gasteiger partial charge in [-0.05, 0) is 44.0 Å². The first-order valence-electron chi connectivity index (χ1n) is 8.65. The summed E-state index contributed by atoms with van der Waals surface area (Å²) in [7, 11) is 1.62. The summed E-state index contributed by atoms with van der Waals surface area (Å²) in [6.45, 7) is 1.95. The molecule has 1 aromatic carbocycles. The van der Waals surface area contributed by atoms with Crippen molar-refractivity contribution in [2.75, 3.05) is 12.4 Å². The monoisotopic (exact) mass is 374 g/mol. The predicted molar refractivity (Wildman–Crippen MR) is 101 cm³/mol. The highest BCUT2D eigenvalue weighted by molar-refractivity contribution is 7.16. The normalized spacial score (nSPS) is 19.8. The SMILES string of the molecule is COc1ccc(-c2nc(NC(=O)C3CCCCC3C(=O)O)sc2C)cc1. The zero-order valence-corrected chi connectivity index (χ0v) is 15.6. The second-order valence-electron chi connectivity index (χ2n) is 6.48. The molecule has 0 bridgehead atoms. The highest BCUT2D eigenvalue weighted by Gasteiger charge is 2.36. The van der Waals surface area contributed by atoms with Crippen molar-refractivity contribution >= 4 is 28.3 Å². The number of aromatic nitrogens is 1. The van der Waals surface area contributed by atoms with Gasteiger partial charge < -0.3 is 15.2 Å². The Hall–Kier alpha value is -2.41. The molecule has 0 aliphatic heterocycles. The van der Waals surface area contributed by atoms with Crippen LogP contribution in [0.15, 0.2) is 24.3 Å². The van der Waals surface area contributed by atoms with E-state index in [4.69, 9.17) is 4.74 Å². The van der Waals surface area contributed by atoms with Gasteiger partial charge in [-0.1, -0.05) is 12.8 Å². The van der Waals surface area contributed by atoms with E-state index in [2.05, 4.69) is 10.3 Å². The number of anilines is 1. The summed E-state index contributed by atoms with van der Waals surface area (Å²) in [5, 5.41) is 12.7. The molecular weight excluding hydrogens is 352 g/mol. The molecule has 26 heavy (non-hydrogen) atoms. The number of hydrogen-bond acceptors (Lipinski definition) is 5. The lowest BCUT2D eigenvalue weighted by Gasteiger charge is -2.26. The Bertz CT molecular complexity index is 800. The van der Waals surface area contributed by atoms with Gasteiger partial charge in [-0.15, -0.1) is 11.3 Å². The van der Waals surface area contributed by atoms with Crippen molar-refractivity contribution in [3.8, 4) is 17.0 Å². The number of rotatable bonds is 5. The van der Waals surface area contributed by atoms with Gasteiger partial charge in [0.1, 0.15) is 5.75 Å². The molecule has 3 rings (SSSR count). The van der Waals surface area contributed by atoms with Crippen LogP contribution in [0.4, 0.5) is 5.13 Å². The van der Waals surface area contributed by atoms with Gasteiger partial charge in [0.25, 0.3) is 0 Å². The summed E-state index contributed by atoms with van der Waals surface area (Å²) in [4.78, 5) is 29.5. The van der Waals surface area contributed by atoms with E-state index in [1.807, 2.05) is 31.2 Å². The molecule has 0 spiro atoms. The van der Waals surface area contributed by atoms with Gasteiger partial charge in [0.15, 0.2) is 5.13 Å². The van der Waals surface area contributed by atoms with E-state index in [0.717, 1.165) is 34.7 Å². The fraction of sp³-hybridized carbons (Fsp3) is 0.421. The van der Waals surface area contributed by atoms with E-state index in [1.54, 1.807) is 7.11 Å². The first kappa shape index (κ1) is 18.4. The topological polar surface area (TPSA) is 88.5 Å². The number of ether oxygens (including phenoxy) is 1. The number of benzene rings is 1. The van der Waals surface area contributed by atoms with Crippen molar-refractivity contribution in [2.45, 2.75) is 32.6 Å². The lowest BCUT2D eigenvalue weighted by Crippen LogP contribution is -2.36. The smallest absolute Gasteiger partial charge is 0.307 e. The van der Waals surface area contributed by atoms with Gasteiger partial charge in [-0.25, -0.2) is 4.98 Å². The molecule has 2 aromatic rings. The third-order valence-corrected chi connectivity index (χ3v) is 5.70. The maximum atomic E-state index is 12.6. The number of aliphatic carboxylic acids is 1. The van der Waals surface area contributed by atoms with Crippen molar-refractivity contribution in [2.24, 2.45) is 11.8 Å². The molecule has 6 nitrogen and oxygen atoms in total. The molecule has 0 saturated heterocycles. The van der Waals surface area contributed by atoms with Gasteiger partial charge in [0, 0.05) is 10.4 Å². The zero-order chi connectivity index (χ0) is 18.7. The van der Waals surface area contributed by atoms with Crippen LogP contribution in [-0.2, 0) is 9.59 Å². The quantitative estimate of drug-likeness (QED) is 0.827. The molecule has 2 unspecified atom stereocenters. The molecule has 1 aromatic heterocycles. The third kappa shape index (κ3) is 3.88. The number of methoxy groups -OCH3 is 1. The van der Waals surface area contributed by atoms with Crippen LogP contribution >= 0.6 is 11.3 Å². The minimum Gasteiger partial charge on any atom is -0.497 e. The molecule has 1 heterocycles. The Labute approximate surface area is 156 Å². The van der Waals surface area contributed by atoms with E-state index < -0.39 is 17.8 Å². The summed E-state index contributed by atoms with van der Waals surface area (Å²) < 4.78 is 5.17. The summed E-state index contributed by atoms with van der Waals surface area (Å²) in [6.07, 6.45) is 2.91. The van der Waals surface area contributed by atoms with Gasteiger partial charge >= 0.3 is 5.97 Å². The Morgan fingerprint density at radius 3 is 2.46 bits per heavy atom. The number of nitrogens with one attached hydrogen (secondary N) is 1. The Balaban J connectivity index is 1.76. The van der Waals surface area contributed by atoms with Crippen LogP contribution in [0.1, 0.15) is 30.6 Å². The number of hydrogen-bond donors (Lipinski definition) is 2. The minimum absolute atomic E-state index is 0.243. The van der Waals surface area contributed by atoms with Crippen molar-refractivity contribution in [3.05, 3.63) is 29.1 Å². The molecule has 1 aliphatic rings. The zero-order valence-electron chi connectivity index (χ0n) is 14.8. The first-order chi connectivity index (χ1) is 12.5. The number of carbonyl (C=O) groups is 2. The van der Waals surface area contributed by atoms with Gasteiger partial charge in [-0.2, -0.15) is 0 Å². The maximum Gasteiger partial charge on any atom is 0.307 e. The van der Waals surface area contributed by atoms with Gasteiger partial charge in [0.05, 0.1) is 24.6 Å². The molecule has 7 heteroatoms. The number of amides is 1. The molecule has 2 N–H and O–H groups in total. The lowest BCUT2D eigenvalue weighted by molar-refractivity contribution is -0.147. The molecule has 1 saturated carbocycles. The molecular formula is C19H22N2O4S. The largest absolute Gasteiger partial charge is 0.497 e. The Kier molecular flexibility index (Phi) is 5.56. The highest BCUT2D eigenvalue weighted by atomic mass is 32.1. The van der Waals surface area contributed by atoms with E-state index in [0.29, 0.717) is 18.0 Å². The summed E-state index contributed by atoms with van der Waals surface area (Å²) in [5.41, 5.74) is 1.76. The van der Waals surface area contributed by atoms with Crippen molar-refractivity contribution in [1.29, 1.82) is 0 Å². The number of thiazole rings is 1. The number of carboxylic acid groups (broad SMARTS) is 1. The van der Waals surface area contributed by atoms with Crippen LogP contribution in [0, 0.1) is 18.8 Å². The average Bonchev–Trinajstić information content (AvgIpc) is 3.01. The maximum absolute atomic E-state index is 12.6. The lowest BCUT2D eigenvalue weighted by atomic mass is 9.79. The van der Waals surface area contributed by atoms with Crippen molar-refractivity contribution < 1.29 is 19.4 Å². The third-order valence-electron chi connectivity index (χ3n) is 4.81. The van der Waals surface area contributed by atoms with Gasteiger partial charge in [0.2, 0.25) is 5.91 Å². The first-order valence-corrected chi connectivity index (χ1v) is 9.46. The van der Waals surface area contributed by atoms with Crippen LogP contribution in [0.25, 0.3) is 11.3 Å². The fourth-order valence-electron chi connectivity index (χ4n) is 3.40. The van der Waals surface area contributed by atoms with Crippen molar-refractivity contribution in [1.82, 2.24) is 4.98 Å². The number of aryl methyl sites for hydroxylation is 1. The molecule has 1 amide bonds. The van der Waals surface area contributed by atoms with Gasteiger partial charge in [-0.3, -0.25) is 9.59 Å². The standard InChI is InChI=1S/C19H22N2O4S/c1-11-16(12-7-9-13(25-2)10-8-12)20-19(26-11)21-17(22)14-5-3-4-6-15(14)18(23)24/h7-10,14-15H,3-6H2,1-2H3,(H,23,24)(H,20,21,22). The summed E-state index contributed by atoms with van der Waals surface area (Å²) in [5.74, 6) is -1.46. The number of nitrogens with zero attached hydrogens (tertiary/aromatic N) is 1. The Morgan fingerprint density at radius 1 is 1.19 bits per heavy atom. The average molecular weight is 374 g/mol. The second kappa shape index (κ2) is 7.86. The predicted octanol–water partition coefficient (Wildman–Crippen LogP) is 3.96. The molecule has 2 atom stereocenters. The van der Waals surface area contributed by atoms with Crippen LogP contribution in [0.3, 0.4) is 0 Å². The molecule has 1 aliphatic carbocycles. The van der Waals surface area contributed by atoms with E-state index in [-0.39, 0.29) is 5.91 Å². The fourth-order valence-corrected chi connectivity index (χ4v) is 4.24. The van der Waals surface area contributed by atoms with E-state index in [9.17, 15) is 14.7 Å². The second-order valence-corrected chi connectivity index (χ2v) is 7.68. The van der Waals surface area contributed by atoms with Crippen LogP contribution in [0.5, 0.6) is 5.75 Å². The Morgan fingerprint density at radius 2 is 1.85 bits per heavy atom. The molecule has 138 valence electrons. The van der Waals surface area contributed by atoms with Crippen molar-refractivity contribution in [3.63, 3.8) is 0 Å². The van der Waals surface area contributed by atoms with Crippen LogP contribution in [0.2, 0.25) is 0 Å². The summed E-state index contributed by atoms with van der Waals surface area (Å²) in [6, 6.07) is 7.58. The van der Waals surface area contributed by atoms with E-state index in [1.165, 1.54) is 11.3 Å². The van der Waals surface area contributed by atoms with E-state index >= 15 is 0 Å². The molecule has 1 fully saturated rings. The minimum atomic E-state index is -0.890. The molecule has 0 radical (unpaired) electrons. The number of carboxylic acids is 1. The van der Waals surface area contributed by atoms with Crippen LogP contribution < -0.4 is 10.1 Å². The summed E-state index contributed by atoms with van der Waals surface area (Å²) >= 11 is 1.40. The number of carbonyl (C=O) groups excluding carboxylic acids is 1. The highest BCUT2D eigenvalue weighted by Crippen LogP contribution is 2.34.